The fourth-order valence-corrected chi connectivity index (χ4v) is 1.34. The molecular weight excluding hydrogens is 190 g/mol. The molecule has 2 aromatic rings. The second kappa shape index (κ2) is 3.61. The molecule has 3 heteroatoms. The van der Waals surface area contributed by atoms with Gasteiger partial charge < -0.3 is 10.2 Å². The van der Waals surface area contributed by atoms with E-state index < -0.39 is 0 Å². The normalized spacial score (nSPS) is 10.2. The maximum atomic E-state index is 9.35. The minimum atomic E-state index is -0.118. The highest BCUT2D eigenvalue weighted by atomic mass is 16.3. The first-order valence-corrected chi connectivity index (χ1v) is 4.62. The number of hydrogen-bond acceptors (Lipinski definition) is 3. The quantitative estimate of drug-likeness (QED) is 0.697. The fraction of sp³-hybridized carbons (Fsp3) is 0.0833. The van der Waals surface area contributed by atoms with Crippen molar-refractivity contribution in [3.05, 3.63) is 42.2 Å². The molecule has 0 spiro atoms. The summed E-state index contributed by atoms with van der Waals surface area (Å²) in [5.74, 6) is -0.230. The van der Waals surface area contributed by atoms with Crippen LogP contribution in [0.2, 0.25) is 0 Å². The van der Waals surface area contributed by atoms with Crippen LogP contribution in [0.15, 0.2) is 36.5 Å². The predicted octanol–water partition coefficient (Wildman–Crippen LogP) is 2.47. The van der Waals surface area contributed by atoms with Crippen molar-refractivity contribution in [2.24, 2.45) is 0 Å². The summed E-state index contributed by atoms with van der Waals surface area (Å²) in [5, 5.41) is 18.5. The van der Waals surface area contributed by atoms with Crippen molar-refractivity contribution in [3.8, 4) is 22.6 Å². The molecule has 0 radical (unpaired) electrons. The van der Waals surface area contributed by atoms with Gasteiger partial charge in [0.1, 0.15) is 0 Å². The molecule has 0 unspecified atom stereocenters. The van der Waals surface area contributed by atoms with Crippen LogP contribution in [0.25, 0.3) is 11.1 Å². The van der Waals surface area contributed by atoms with E-state index in [1.165, 1.54) is 12.1 Å². The van der Waals surface area contributed by atoms with Crippen LogP contribution in [0, 0.1) is 6.92 Å². The van der Waals surface area contributed by atoms with Crippen LogP contribution >= 0.6 is 0 Å². The average molecular weight is 201 g/mol. The third-order valence-electron chi connectivity index (χ3n) is 2.22. The maximum absolute atomic E-state index is 9.35. The van der Waals surface area contributed by atoms with Crippen molar-refractivity contribution in [1.82, 2.24) is 4.98 Å². The third kappa shape index (κ3) is 1.91. The van der Waals surface area contributed by atoms with Gasteiger partial charge in [0.25, 0.3) is 0 Å². The zero-order chi connectivity index (χ0) is 10.8. The lowest BCUT2D eigenvalue weighted by molar-refractivity contribution is 0.404. The molecule has 0 fully saturated rings. The van der Waals surface area contributed by atoms with Crippen molar-refractivity contribution < 1.29 is 10.2 Å². The van der Waals surface area contributed by atoms with Gasteiger partial charge >= 0.3 is 0 Å². The number of pyridine rings is 1. The Morgan fingerprint density at radius 1 is 0.933 bits per heavy atom. The van der Waals surface area contributed by atoms with Crippen molar-refractivity contribution in [2.75, 3.05) is 0 Å². The van der Waals surface area contributed by atoms with Crippen LogP contribution in [0.5, 0.6) is 11.5 Å². The summed E-state index contributed by atoms with van der Waals surface area (Å²) in [7, 11) is 0. The number of phenolic OH excluding ortho intramolecular Hbond substituents is 2. The van der Waals surface area contributed by atoms with E-state index in [4.69, 9.17) is 5.11 Å². The standard InChI is InChI=1S/C12H11NO2/c1-8-2-3-10(7-13-8)9-4-5-11(14)12(15)6-9/h2-7,14-15H,1H3. The lowest BCUT2D eigenvalue weighted by atomic mass is 10.1. The summed E-state index contributed by atoms with van der Waals surface area (Å²) in [6, 6.07) is 8.54. The molecule has 0 aliphatic heterocycles. The van der Waals surface area contributed by atoms with Crippen molar-refractivity contribution in [3.63, 3.8) is 0 Å². The lowest BCUT2D eigenvalue weighted by Crippen LogP contribution is -1.82. The third-order valence-corrected chi connectivity index (χ3v) is 2.22. The Labute approximate surface area is 87.7 Å². The predicted molar refractivity (Wildman–Crippen MR) is 57.7 cm³/mol. The van der Waals surface area contributed by atoms with E-state index in [1.54, 1.807) is 12.3 Å². The van der Waals surface area contributed by atoms with Gasteiger partial charge in [-0.25, -0.2) is 0 Å². The molecule has 1 aromatic carbocycles. The molecular formula is C12H11NO2. The zero-order valence-corrected chi connectivity index (χ0v) is 8.31. The molecule has 0 atom stereocenters. The maximum Gasteiger partial charge on any atom is 0.158 e. The van der Waals surface area contributed by atoms with E-state index in [1.807, 2.05) is 19.1 Å². The average Bonchev–Trinajstić information content (AvgIpc) is 2.23. The summed E-state index contributed by atoms with van der Waals surface area (Å²) >= 11 is 0. The number of phenols is 2. The van der Waals surface area contributed by atoms with E-state index in [0.29, 0.717) is 0 Å². The van der Waals surface area contributed by atoms with Crippen molar-refractivity contribution in [2.45, 2.75) is 6.92 Å². The topological polar surface area (TPSA) is 53.4 Å². The van der Waals surface area contributed by atoms with Gasteiger partial charge in [-0.1, -0.05) is 12.1 Å². The number of hydrogen-bond donors (Lipinski definition) is 2. The van der Waals surface area contributed by atoms with Gasteiger partial charge in [0.15, 0.2) is 11.5 Å². The van der Waals surface area contributed by atoms with E-state index in [-0.39, 0.29) is 11.5 Å². The molecule has 76 valence electrons. The summed E-state index contributed by atoms with van der Waals surface area (Å²) in [4.78, 5) is 4.16. The zero-order valence-electron chi connectivity index (χ0n) is 8.31. The molecule has 0 aliphatic rings. The first-order chi connectivity index (χ1) is 7.16. The first-order valence-electron chi connectivity index (χ1n) is 4.62. The monoisotopic (exact) mass is 201 g/mol. The van der Waals surface area contributed by atoms with Crippen LogP contribution in [-0.4, -0.2) is 15.2 Å². The first kappa shape index (κ1) is 9.52. The number of aromatic hydroxyl groups is 2. The number of benzene rings is 1. The molecule has 0 bridgehead atoms. The Bertz CT molecular complexity index is 477. The molecule has 0 saturated heterocycles. The Morgan fingerprint density at radius 3 is 2.27 bits per heavy atom. The minimum Gasteiger partial charge on any atom is -0.504 e. The van der Waals surface area contributed by atoms with E-state index in [0.717, 1.165) is 16.8 Å². The second-order valence-corrected chi connectivity index (χ2v) is 3.39. The van der Waals surface area contributed by atoms with Gasteiger partial charge in [0.2, 0.25) is 0 Å². The van der Waals surface area contributed by atoms with Crippen LogP contribution in [-0.2, 0) is 0 Å². The minimum absolute atomic E-state index is 0.112. The summed E-state index contributed by atoms with van der Waals surface area (Å²) in [5.41, 5.74) is 2.69. The van der Waals surface area contributed by atoms with Crippen LogP contribution < -0.4 is 0 Å². The van der Waals surface area contributed by atoms with Crippen LogP contribution in [0.3, 0.4) is 0 Å². The Kier molecular flexibility index (Phi) is 2.29. The summed E-state index contributed by atoms with van der Waals surface area (Å²) in [6.45, 7) is 1.91. The molecule has 2 N–H and O–H groups in total. The van der Waals surface area contributed by atoms with Gasteiger partial charge in [-0.2, -0.15) is 0 Å². The number of aryl methyl sites for hydroxylation is 1. The SMILES string of the molecule is Cc1ccc(-c2ccc(O)c(O)c2)cn1. The van der Waals surface area contributed by atoms with Crippen molar-refractivity contribution >= 4 is 0 Å². The lowest BCUT2D eigenvalue weighted by Gasteiger charge is -2.03. The molecule has 1 heterocycles. The molecule has 0 amide bonds. The van der Waals surface area contributed by atoms with Gasteiger partial charge in [-0.15, -0.1) is 0 Å². The second-order valence-electron chi connectivity index (χ2n) is 3.39. The highest BCUT2D eigenvalue weighted by molar-refractivity contribution is 5.66. The molecule has 15 heavy (non-hydrogen) atoms. The van der Waals surface area contributed by atoms with Gasteiger partial charge in [-0.3, -0.25) is 4.98 Å². The molecule has 0 aliphatic carbocycles. The van der Waals surface area contributed by atoms with Gasteiger partial charge in [0.05, 0.1) is 0 Å². The Hall–Kier alpha value is -2.03. The number of rotatable bonds is 1. The van der Waals surface area contributed by atoms with E-state index in [2.05, 4.69) is 4.98 Å². The molecule has 2 rings (SSSR count). The fourth-order valence-electron chi connectivity index (χ4n) is 1.34. The van der Waals surface area contributed by atoms with E-state index >= 15 is 0 Å². The van der Waals surface area contributed by atoms with Gasteiger partial charge in [-0.05, 0) is 30.7 Å². The highest BCUT2D eigenvalue weighted by Crippen LogP contribution is 2.29. The summed E-state index contributed by atoms with van der Waals surface area (Å²) in [6.07, 6.45) is 1.74. The van der Waals surface area contributed by atoms with E-state index in [9.17, 15) is 5.11 Å². The molecule has 0 saturated carbocycles. The highest BCUT2D eigenvalue weighted by Gasteiger charge is 2.02. The Balaban J connectivity index is 2.45. The molecule has 3 nitrogen and oxygen atoms in total. The van der Waals surface area contributed by atoms with Crippen molar-refractivity contribution in [1.29, 1.82) is 0 Å². The number of nitrogens with zero attached hydrogens (tertiary/aromatic N) is 1. The Morgan fingerprint density at radius 2 is 1.67 bits per heavy atom. The van der Waals surface area contributed by atoms with Crippen LogP contribution in [0.1, 0.15) is 5.69 Å². The van der Waals surface area contributed by atoms with Gasteiger partial charge in [0, 0.05) is 17.5 Å². The summed E-state index contributed by atoms with van der Waals surface area (Å²) < 4.78 is 0. The molecule has 1 aromatic heterocycles. The number of aromatic nitrogens is 1. The largest absolute Gasteiger partial charge is 0.504 e. The smallest absolute Gasteiger partial charge is 0.158 e. The van der Waals surface area contributed by atoms with Crippen LogP contribution in [0.4, 0.5) is 0 Å².